The molecule has 3 aromatic rings. The lowest BCUT2D eigenvalue weighted by atomic mass is 10.0. The fourth-order valence-electron chi connectivity index (χ4n) is 3.44. The number of benzene rings is 2. The van der Waals surface area contributed by atoms with E-state index in [2.05, 4.69) is 4.98 Å². The van der Waals surface area contributed by atoms with Crippen LogP contribution in [-0.4, -0.2) is 22.2 Å². The maximum Gasteiger partial charge on any atom is 0.344 e. The number of pyridine rings is 1. The van der Waals surface area contributed by atoms with E-state index in [1.165, 1.54) is 0 Å². The van der Waals surface area contributed by atoms with Crippen LogP contribution in [0.4, 0.5) is 8.78 Å². The number of carboxylic acids is 1. The van der Waals surface area contributed by atoms with Crippen LogP contribution in [0.15, 0.2) is 54.6 Å². The first-order valence-electron chi connectivity index (χ1n) is 11.2. The molecule has 0 unspecified atom stereocenters. The van der Waals surface area contributed by atoms with Crippen molar-refractivity contribution in [2.45, 2.75) is 51.7 Å². The van der Waals surface area contributed by atoms with Crippen LogP contribution in [0.3, 0.4) is 0 Å². The molecule has 0 aliphatic carbocycles. The van der Waals surface area contributed by atoms with E-state index < -0.39 is 35.5 Å². The molecule has 0 aliphatic rings. The number of rotatable bonds is 12. The van der Waals surface area contributed by atoms with Crippen molar-refractivity contribution in [2.75, 3.05) is 0 Å². The normalized spacial score (nSPS) is 11.8. The molecular formula is C26H28F2N2O4. The zero-order chi connectivity index (χ0) is 24.5. The molecule has 6 nitrogen and oxygen atoms in total. The maximum absolute atomic E-state index is 14.4. The zero-order valence-electron chi connectivity index (χ0n) is 19.0. The minimum absolute atomic E-state index is 0.188. The highest BCUT2D eigenvalue weighted by Crippen LogP contribution is 2.31. The predicted molar refractivity (Wildman–Crippen MR) is 125 cm³/mol. The van der Waals surface area contributed by atoms with Crippen LogP contribution in [0.25, 0.3) is 11.1 Å². The molecule has 0 saturated heterocycles. The molecule has 2 aromatic carbocycles. The summed E-state index contributed by atoms with van der Waals surface area (Å²) in [5.41, 5.74) is 8.38. The summed E-state index contributed by atoms with van der Waals surface area (Å²) < 4.78 is 39.6. The molecule has 0 spiro atoms. The number of unbranched alkanes of at least 4 members (excludes halogenated alkanes) is 3. The molecular weight excluding hydrogens is 442 g/mol. The van der Waals surface area contributed by atoms with E-state index in [9.17, 15) is 18.7 Å². The van der Waals surface area contributed by atoms with Crippen molar-refractivity contribution in [2.24, 2.45) is 5.73 Å². The topological polar surface area (TPSA) is 94.7 Å². The molecule has 180 valence electrons. The van der Waals surface area contributed by atoms with Gasteiger partial charge in [0.2, 0.25) is 0 Å². The van der Waals surface area contributed by atoms with Crippen molar-refractivity contribution in [1.82, 2.24) is 4.98 Å². The van der Waals surface area contributed by atoms with Gasteiger partial charge in [-0.15, -0.1) is 0 Å². The number of ether oxygens (including phenoxy) is 2. The zero-order valence-corrected chi connectivity index (χ0v) is 19.0. The molecule has 3 N–H and O–H groups in total. The number of nitrogens with two attached hydrogens (primary N) is 1. The first-order chi connectivity index (χ1) is 16.4. The number of aliphatic carboxylic acids is 1. The molecule has 3 rings (SSSR count). The van der Waals surface area contributed by atoms with Gasteiger partial charge in [-0.25, -0.2) is 13.6 Å². The third-order valence-corrected chi connectivity index (χ3v) is 5.26. The Kier molecular flexibility index (Phi) is 8.93. The van der Waals surface area contributed by atoms with Gasteiger partial charge in [0.15, 0.2) is 17.7 Å². The number of aromatic nitrogens is 1. The lowest BCUT2D eigenvalue weighted by Gasteiger charge is -2.16. The van der Waals surface area contributed by atoms with Gasteiger partial charge in [0.05, 0.1) is 0 Å². The van der Waals surface area contributed by atoms with Crippen LogP contribution in [0.5, 0.6) is 17.5 Å². The standard InChI is InChI=1S/C26H28F2N2O4/c1-2-3-4-5-12-23(26(31)32)34-25-22(28)15-21(27)24(30-25)33-20-11-7-10-19(14-20)18-9-6-8-17(13-18)16-29/h6-11,13-15,23H,2-5,12,16,29H2,1H3,(H,31,32)/t23-/m1/s1. The highest BCUT2D eigenvalue weighted by atomic mass is 19.1. The Labute approximate surface area is 197 Å². The average molecular weight is 471 g/mol. The highest BCUT2D eigenvalue weighted by molar-refractivity contribution is 5.72. The summed E-state index contributed by atoms with van der Waals surface area (Å²) in [5.74, 6) is -4.23. The van der Waals surface area contributed by atoms with E-state index >= 15 is 0 Å². The second-order valence-corrected chi connectivity index (χ2v) is 7.89. The number of carbonyl (C=O) groups is 1. The molecule has 1 aromatic heterocycles. The molecule has 1 heterocycles. The van der Waals surface area contributed by atoms with Crippen LogP contribution < -0.4 is 15.2 Å². The van der Waals surface area contributed by atoms with Gasteiger partial charge in [-0.05, 0) is 47.7 Å². The average Bonchev–Trinajstić information content (AvgIpc) is 2.83. The molecule has 34 heavy (non-hydrogen) atoms. The number of carboxylic acid groups (broad SMARTS) is 1. The van der Waals surface area contributed by atoms with Gasteiger partial charge in [-0.3, -0.25) is 0 Å². The third kappa shape index (κ3) is 6.74. The SMILES string of the molecule is CCCCCC[C@@H](Oc1nc(Oc2cccc(-c3cccc(CN)c3)c2)c(F)cc1F)C(=O)O. The number of halogens is 2. The first-order valence-corrected chi connectivity index (χ1v) is 11.2. The number of hydrogen-bond donors (Lipinski definition) is 2. The van der Waals surface area contributed by atoms with Gasteiger partial charge in [-0.2, -0.15) is 4.98 Å². The van der Waals surface area contributed by atoms with Gasteiger partial charge in [-0.1, -0.05) is 56.5 Å². The Morgan fingerprint density at radius 3 is 2.41 bits per heavy atom. The molecule has 1 atom stereocenters. The molecule has 0 bridgehead atoms. The summed E-state index contributed by atoms with van der Waals surface area (Å²) in [6, 6.07) is 15.1. The van der Waals surface area contributed by atoms with E-state index in [1.54, 1.807) is 18.2 Å². The predicted octanol–water partition coefficient (Wildman–Crippen LogP) is 6.08. The maximum atomic E-state index is 14.4. The fourth-order valence-corrected chi connectivity index (χ4v) is 3.44. The Balaban J connectivity index is 1.80. The van der Waals surface area contributed by atoms with Crippen molar-refractivity contribution >= 4 is 5.97 Å². The molecule has 0 amide bonds. The summed E-state index contributed by atoms with van der Waals surface area (Å²) in [5, 5.41) is 9.43. The summed E-state index contributed by atoms with van der Waals surface area (Å²) in [4.78, 5) is 15.3. The van der Waals surface area contributed by atoms with Gasteiger partial charge >= 0.3 is 5.97 Å². The largest absolute Gasteiger partial charge is 0.479 e. The van der Waals surface area contributed by atoms with Crippen LogP contribution in [0.2, 0.25) is 0 Å². The second kappa shape index (κ2) is 12.1. The van der Waals surface area contributed by atoms with Gasteiger partial charge in [0.1, 0.15) is 5.75 Å². The van der Waals surface area contributed by atoms with Crippen LogP contribution in [-0.2, 0) is 11.3 Å². The molecule has 0 fully saturated rings. The third-order valence-electron chi connectivity index (χ3n) is 5.26. The van der Waals surface area contributed by atoms with Crippen LogP contribution in [0, 0.1) is 11.6 Å². The molecule has 0 aliphatic heterocycles. The number of hydrogen-bond acceptors (Lipinski definition) is 5. The summed E-state index contributed by atoms with van der Waals surface area (Å²) in [6.45, 7) is 2.44. The first kappa shape index (κ1) is 25.1. The van der Waals surface area contributed by atoms with E-state index in [-0.39, 0.29) is 12.2 Å². The Morgan fingerprint density at radius 2 is 1.71 bits per heavy atom. The molecule has 0 saturated carbocycles. The van der Waals surface area contributed by atoms with Crippen molar-refractivity contribution < 1.29 is 28.2 Å². The van der Waals surface area contributed by atoms with Gasteiger partial charge in [0.25, 0.3) is 11.8 Å². The minimum Gasteiger partial charge on any atom is -0.479 e. The Bertz CT molecular complexity index is 1120. The smallest absolute Gasteiger partial charge is 0.344 e. The van der Waals surface area contributed by atoms with E-state index in [4.69, 9.17) is 15.2 Å². The minimum atomic E-state index is -1.30. The number of nitrogens with zero attached hydrogens (tertiary/aromatic N) is 1. The molecule has 8 heteroatoms. The van der Waals surface area contributed by atoms with Crippen LogP contribution >= 0.6 is 0 Å². The Morgan fingerprint density at radius 1 is 1.00 bits per heavy atom. The lowest BCUT2D eigenvalue weighted by Crippen LogP contribution is -2.27. The summed E-state index contributed by atoms with van der Waals surface area (Å²) in [7, 11) is 0. The lowest BCUT2D eigenvalue weighted by molar-refractivity contribution is -0.145. The van der Waals surface area contributed by atoms with Crippen molar-refractivity contribution in [3.63, 3.8) is 0 Å². The van der Waals surface area contributed by atoms with Crippen LogP contribution in [0.1, 0.15) is 44.6 Å². The quantitative estimate of drug-likeness (QED) is 0.312. The van der Waals surface area contributed by atoms with E-state index in [1.807, 2.05) is 37.3 Å². The van der Waals surface area contributed by atoms with E-state index in [0.29, 0.717) is 19.0 Å². The van der Waals surface area contributed by atoms with Crippen molar-refractivity contribution in [1.29, 1.82) is 0 Å². The van der Waals surface area contributed by atoms with Crippen molar-refractivity contribution in [3.8, 4) is 28.6 Å². The van der Waals surface area contributed by atoms with E-state index in [0.717, 1.165) is 36.0 Å². The van der Waals surface area contributed by atoms with Crippen molar-refractivity contribution in [3.05, 3.63) is 71.8 Å². The Hall–Kier alpha value is -3.52. The highest BCUT2D eigenvalue weighted by Gasteiger charge is 2.23. The van der Waals surface area contributed by atoms with Gasteiger partial charge < -0.3 is 20.3 Å². The molecule has 0 radical (unpaired) electrons. The second-order valence-electron chi connectivity index (χ2n) is 7.89. The summed E-state index contributed by atoms with van der Waals surface area (Å²) in [6.07, 6.45) is 2.29. The fraction of sp³-hybridized carbons (Fsp3) is 0.308. The monoisotopic (exact) mass is 470 g/mol. The van der Waals surface area contributed by atoms with Gasteiger partial charge in [0, 0.05) is 12.6 Å². The summed E-state index contributed by atoms with van der Waals surface area (Å²) >= 11 is 0.